The number of anilines is 1. The van der Waals surface area contributed by atoms with Crippen LogP contribution in [0, 0.1) is 0 Å². The van der Waals surface area contributed by atoms with E-state index in [0.717, 1.165) is 43.4 Å². The van der Waals surface area contributed by atoms with Gasteiger partial charge in [-0.3, -0.25) is 0 Å². The summed E-state index contributed by atoms with van der Waals surface area (Å²) in [5.74, 6) is 1.33. The van der Waals surface area contributed by atoms with Gasteiger partial charge in [0, 0.05) is 50.3 Å². The van der Waals surface area contributed by atoms with Crippen molar-refractivity contribution in [3.63, 3.8) is 0 Å². The van der Waals surface area contributed by atoms with Crippen molar-refractivity contribution in [3.05, 3.63) is 66.7 Å². The van der Waals surface area contributed by atoms with Crippen molar-refractivity contribution >= 4 is 11.9 Å². The molecule has 27 heavy (non-hydrogen) atoms. The molecule has 1 aromatic carbocycles. The largest absolute Gasteiger partial charge is 0.370 e. The Morgan fingerprint density at radius 1 is 1.00 bits per heavy atom. The zero-order valence-electron chi connectivity index (χ0n) is 15.0. The van der Waals surface area contributed by atoms with Gasteiger partial charge >= 0.3 is 0 Å². The fourth-order valence-electron chi connectivity index (χ4n) is 3.03. The van der Waals surface area contributed by atoms with E-state index in [1.54, 1.807) is 12.4 Å². The van der Waals surface area contributed by atoms with Gasteiger partial charge in [-0.05, 0) is 18.2 Å². The van der Waals surface area contributed by atoms with Crippen LogP contribution in [0.2, 0.25) is 0 Å². The van der Waals surface area contributed by atoms with Crippen molar-refractivity contribution in [2.75, 3.05) is 31.1 Å². The molecule has 0 radical (unpaired) electrons. The van der Waals surface area contributed by atoms with Crippen molar-refractivity contribution in [1.29, 1.82) is 0 Å². The first-order valence-corrected chi connectivity index (χ1v) is 8.95. The summed E-state index contributed by atoms with van der Waals surface area (Å²) >= 11 is 0. The Bertz CT molecular complexity index is 882. The molecule has 3 heterocycles. The molecule has 2 aromatic heterocycles. The lowest BCUT2D eigenvalue weighted by Gasteiger charge is -2.35. The molecule has 0 unspecified atom stereocenters. The topological polar surface area (TPSA) is 88.5 Å². The van der Waals surface area contributed by atoms with E-state index in [1.165, 1.54) is 0 Å². The second-order valence-corrected chi connectivity index (χ2v) is 6.33. The smallest absolute Gasteiger partial charge is 0.225 e. The zero-order chi connectivity index (χ0) is 18.5. The van der Waals surface area contributed by atoms with E-state index in [-0.39, 0.29) is 0 Å². The standard InChI is InChI=1S/C19H22N8/c20-18(25-9-11-26(12-10-25)19-21-7-4-8-22-19)23-13-16-14-24-27(15-16)17-5-2-1-3-6-17/h1-8,14-15H,9-13H2,(H2,20,23). The van der Waals surface area contributed by atoms with Crippen molar-refractivity contribution < 1.29 is 0 Å². The molecule has 0 atom stereocenters. The Hall–Kier alpha value is -3.42. The van der Waals surface area contributed by atoms with Gasteiger partial charge in [-0.15, -0.1) is 0 Å². The third-order valence-corrected chi connectivity index (χ3v) is 4.52. The average Bonchev–Trinajstić information content (AvgIpc) is 3.22. The zero-order valence-corrected chi connectivity index (χ0v) is 15.0. The molecule has 1 aliphatic heterocycles. The maximum absolute atomic E-state index is 6.20. The maximum atomic E-state index is 6.20. The second-order valence-electron chi connectivity index (χ2n) is 6.33. The first-order chi connectivity index (χ1) is 13.3. The predicted molar refractivity (Wildman–Crippen MR) is 105 cm³/mol. The minimum atomic E-state index is 0.515. The number of aliphatic imine (C=N–C) groups is 1. The van der Waals surface area contributed by atoms with Crippen LogP contribution in [-0.2, 0) is 6.54 Å². The highest BCUT2D eigenvalue weighted by atomic mass is 15.4. The summed E-state index contributed by atoms with van der Waals surface area (Å²) in [6.45, 7) is 3.77. The highest BCUT2D eigenvalue weighted by Gasteiger charge is 2.19. The highest BCUT2D eigenvalue weighted by Crippen LogP contribution is 2.11. The van der Waals surface area contributed by atoms with Gasteiger partial charge in [0.2, 0.25) is 5.95 Å². The van der Waals surface area contributed by atoms with Crippen LogP contribution < -0.4 is 10.6 Å². The average molecular weight is 362 g/mol. The molecule has 0 saturated carbocycles. The van der Waals surface area contributed by atoms with Crippen molar-refractivity contribution in [2.24, 2.45) is 10.7 Å². The summed E-state index contributed by atoms with van der Waals surface area (Å²) in [7, 11) is 0. The number of hydrogen-bond donors (Lipinski definition) is 1. The summed E-state index contributed by atoms with van der Waals surface area (Å²) in [5, 5.41) is 4.39. The molecule has 8 heteroatoms. The van der Waals surface area contributed by atoms with E-state index in [9.17, 15) is 0 Å². The lowest BCUT2D eigenvalue weighted by Crippen LogP contribution is -2.51. The summed E-state index contributed by atoms with van der Waals surface area (Å²) in [4.78, 5) is 17.4. The van der Waals surface area contributed by atoms with Crippen molar-refractivity contribution in [3.8, 4) is 5.69 Å². The Morgan fingerprint density at radius 2 is 1.74 bits per heavy atom. The fourth-order valence-corrected chi connectivity index (χ4v) is 3.03. The van der Waals surface area contributed by atoms with Gasteiger partial charge < -0.3 is 15.5 Å². The van der Waals surface area contributed by atoms with Gasteiger partial charge in [0.1, 0.15) is 0 Å². The minimum absolute atomic E-state index is 0.515. The molecular formula is C19H22N8. The summed E-state index contributed by atoms with van der Waals surface area (Å²) in [6, 6.07) is 11.8. The molecule has 138 valence electrons. The van der Waals surface area contributed by atoms with E-state index in [1.807, 2.05) is 53.5 Å². The minimum Gasteiger partial charge on any atom is -0.370 e. The molecule has 1 fully saturated rings. The number of hydrogen-bond acceptors (Lipinski definition) is 5. The SMILES string of the molecule is NC(=NCc1cnn(-c2ccccc2)c1)N1CCN(c2ncccn2)CC1. The number of nitrogens with two attached hydrogens (primary N) is 1. The number of benzene rings is 1. The Kier molecular flexibility index (Phi) is 4.95. The van der Waals surface area contributed by atoms with Gasteiger partial charge in [-0.1, -0.05) is 18.2 Å². The van der Waals surface area contributed by atoms with Crippen LogP contribution >= 0.6 is 0 Å². The molecule has 1 saturated heterocycles. The lowest BCUT2D eigenvalue weighted by atomic mass is 10.3. The first kappa shape index (κ1) is 17.0. The van der Waals surface area contributed by atoms with Crippen LogP contribution in [0.15, 0.2) is 66.2 Å². The number of piperazine rings is 1. The third kappa shape index (κ3) is 4.05. The number of nitrogens with zero attached hydrogens (tertiary/aromatic N) is 7. The van der Waals surface area contributed by atoms with Gasteiger partial charge in [0.15, 0.2) is 5.96 Å². The molecular weight excluding hydrogens is 340 g/mol. The van der Waals surface area contributed by atoms with Crippen LogP contribution in [0.5, 0.6) is 0 Å². The first-order valence-electron chi connectivity index (χ1n) is 8.95. The number of guanidine groups is 1. The second kappa shape index (κ2) is 7.86. The van der Waals surface area contributed by atoms with Crippen LogP contribution in [-0.4, -0.2) is 56.8 Å². The van der Waals surface area contributed by atoms with Crippen LogP contribution in [0.3, 0.4) is 0 Å². The highest BCUT2D eigenvalue weighted by molar-refractivity contribution is 5.78. The normalized spacial score (nSPS) is 15.2. The third-order valence-electron chi connectivity index (χ3n) is 4.52. The van der Waals surface area contributed by atoms with Crippen molar-refractivity contribution in [2.45, 2.75) is 6.54 Å². The molecule has 1 aliphatic rings. The number of para-hydroxylation sites is 1. The molecule has 4 rings (SSSR count). The van der Waals surface area contributed by atoms with Gasteiger partial charge in [0.25, 0.3) is 0 Å². The van der Waals surface area contributed by atoms with E-state index in [0.29, 0.717) is 12.5 Å². The predicted octanol–water partition coefficient (Wildman–Crippen LogP) is 1.30. The van der Waals surface area contributed by atoms with E-state index in [2.05, 4.69) is 29.9 Å². The molecule has 0 aliphatic carbocycles. The molecule has 3 aromatic rings. The maximum Gasteiger partial charge on any atom is 0.225 e. The monoisotopic (exact) mass is 362 g/mol. The van der Waals surface area contributed by atoms with E-state index >= 15 is 0 Å². The van der Waals surface area contributed by atoms with E-state index < -0.39 is 0 Å². The molecule has 0 amide bonds. The molecule has 0 spiro atoms. The van der Waals surface area contributed by atoms with Crippen molar-refractivity contribution in [1.82, 2.24) is 24.6 Å². The number of aromatic nitrogens is 4. The fraction of sp³-hybridized carbons (Fsp3) is 0.263. The molecule has 0 bridgehead atoms. The van der Waals surface area contributed by atoms with Gasteiger partial charge in [-0.25, -0.2) is 19.6 Å². The Morgan fingerprint density at radius 3 is 2.48 bits per heavy atom. The summed E-state index contributed by atoms with van der Waals surface area (Å²) in [6.07, 6.45) is 7.34. The number of rotatable bonds is 4. The van der Waals surface area contributed by atoms with Crippen LogP contribution in [0.1, 0.15) is 5.56 Å². The van der Waals surface area contributed by atoms with Crippen LogP contribution in [0.25, 0.3) is 5.69 Å². The van der Waals surface area contributed by atoms with Gasteiger partial charge in [-0.2, -0.15) is 5.10 Å². The lowest BCUT2D eigenvalue weighted by molar-refractivity contribution is 0.378. The summed E-state index contributed by atoms with van der Waals surface area (Å²) < 4.78 is 1.85. The van der Waals surface area contributed by atoms with Gasteiger partial charge in [0.05, 0.1) is 18.4 Å². The van der Waals surface area contributed by atoms with Crippen LogP contribution in [0.4, 0.5) is 5.95 Å². The Labute approximate surface area is 158 Å². The Balaban J connectivity index is 1.33. The quantitative estimate of drug-likeness (QED) is 0.556. The molecule has 8 nitrogen and oxygen atoms in total. The summed E-state index contributed by atoms with van der Waals surface area (Å²) in [5.41, 5.74) is 8.25. The molecule has 2 N–H and O–H groups in total. The van der Waals surface area contributed by atoms with E-state index in [4.69, 9.17) is 5.73 Å².